The normalized spacial score (nSPS) is 20.2. The maximum Gasteiger partial charge on any atom is 0.251 e. The Labute approximate surface area is 190 Å². The van der Waals surface area contributed by atoms with Crippen LogP contribution in [0.4, 0.5) is 5.69 Å². The molecule has 8 heteroatoms. The molecule has 1 atom stereocenters. The summed E-state index contributed by atoms with van der Waals surface area (Å²) in [4.78, 5) is 15.1. The molecule has 1 amide bonds. The topological polar surface area (TPSA) is 79.0 Å². The number of ether oxygens (including phenoxy) is 1. The number of hydrogen-bond donors (Lipinski definition) is 1. The predicted octanol–water partition coefficient (Wildman–Crippen LogP) is 2.87. The van der Waals surface area contributed by atoms with Crippen molar-refractivity contribution < 1.29 is 17.9 Å². The number of nitrogens with one attached hydrogen (secondary N) is 1. The van der Waals surface area contributed by atoms with Crippen LogP contribution in [0.3, 0.4) is 0 Å². The summed E-state index contributed by atoms with van der Waals surface area (Å²) in [5.41, 5.74) is 2.69. The van der Waals surface area contributed by atoms with Crippen molar-refractivity contribution >= 4 is 21.6 Å². The van der Waals surface area contributed by atoms with Crippen LogP contribution in [-0.2, 0) is 21.3 Å². The fourth-order valence-electron chi connectivity index (χ4n) is 4.25. The zero-order valence-electron chi connectivity index (χ0n) is 18.5. The molecule has 2 heterocycles. The molecule has 2 aliphatic heterocycles. The van der Waals surface area contributed by atoms with E-state index in [1.807, 2.05) is 12.1 Å². The van der Waals surface area contributed by atoms with Crippen molar-refractivity contribution in [1.29, 1.82) is 0 Å². The van der Waals surface area contributed by atoms with E-state index in [-0.39, 0.29) is 10.8 Å². The number of morpholine rings is 1. The smallest absolute Gasteiger partial charge is 0.251 e. The molecule has 0 unspecified atom stereocenters. The average Bonchev–Trinajstić information content (AvgIpc) is 2.83. The summed E-state index contributed by atoms with van der Waals surface area (Å²) in [7, 11) is -3.56. The summed E-state index contributed by atoms with van der Waals surface area (Å²) in [5, 5.41) is 2.91. The maximum absolute atomic E-state index is 12.7. The molecule has 0 bridgehead atoms. The van der Waals surface area contributed by atoms with Gasteiger partial charge in [-0.3, -0.25) is 4.79 Å². The van der Waals surface area contributed by atoms with E-state index in [4.69, 9.17) is 4.74 Å². The van der Waals surface area contributed by atoms with E-state index in [0.29, 0.717) is 38.4 Å². The Hall–Kier alpha value is -2.42. The summed E-state index contributed by atoms with van der Waals surface area (Å²) in [6, 6.07) is 14.4. The van der Waals surface area contributed by atoms with Crippen LogP contribution in [0.2, 0.25) is 0 Å². The van der Waals surface area contributed by atoms with Gasteiger partial charge in [-0.25, -0.2) is 8.42 Å². The maximum atomic E-state index is 12.7. The molecular formula is C24H31N3O4S. The van der Waals surface area contributed by atoms with E-state index in [1.165, 1.54) is 35.0 Å². The largest absolute Gasteiger partial charge is 0.379 e. The summed E-state index contributed by atoms with van der Waals surface area (Å²) in [5.74, 6) is 0.493. The van der Waals surface area contributed by atoms with Gasteiger partial charge >= 0.3 is 0 Å². The van der Waals surface area contributed by atoms with Crippen molar-refractivity contribution in [2.24, 2.45) is 5.92 Å². The van der Waals surface area contributed by atoms with Crippen molar-refractivity contribution in [3.05, 3.63) is 59.7 Å². The SMILES string of the molecule is C[C@@H]1CCCN(c2ccc(CNC(=O)c3ccc(S(=O)(=O)N4CCOCC4)cc3)cc2)C1. The molecule has 0 aromatic heterocycles. The predicted molar refractivity (Wildman–Crippen MR) is 124 cm³/mol. The van der Waals surface area contributed by atoms with Gasteiger partial charge in [0.1, 0.15) is 0 Å². The molecule has 2 aliphatic rings. The second-order valence-corrected chi connectivity index (χ2v) is 10.5. The van der Waals surface area contributed by atoms with E-state index in [1.54, 1.807) is 12.1 Å². The Balaban J connectivity index is 1.33. The highest BCUT2D eigenvalue weighted by Crippen LogP contribution is 2.23. The van der Waals surface area contributed by atoms with E-state index in [0.717, 1.165) is 24.6 Å². The van der Waals surface area contributed by atoms with Crippen molar-refractivity contribution in [2.75, 3.05) is 44.3 Å². The van der Waals surface area contributed by atoms with Gasteiger partial charge in [0.2, 0.25) is 10.0 Å². The highest BCUT2D eigenvalue weighted by Gasteiger charge is 2.26. The first-order valence-corrected chi connectivity index (χ1v) is 12.7. The number of rotatable bonds is 6. The number of nitrogens with zero attached hydrogens (tertiary/aromatic N) is 2. The summed E-state index contributed by atoms with van der Waals surface area (Å²) in [6.07, 6.45) is 2.52. The molecule has 7 nitrogen and oxygen atoms in total. The van der Waals surface area contributed by atoms with E-state index < -0.39 is 10.0 Å². The van der Waals surface area contributed by atoms with E-state index in [2.05, 4.69) is 29.3 Å². The van der Waals surface area contributed by atoms with Crippen molar-refractivity contribution in [2.45, 2.75) is 31.2 Å². The van der Waals surface area contributed by atoms with Gasteiger partial charge in [-0.05, 0) is 60.7 Å². The quantitative estimate of drug-likeness (QED) is 0.722. The van der Waals surface area contributed by atoms with Gasteiger partial charge in [0, 0.05) is 44.0 Å². The Morgan fingerprint density at radius 3 is 2.38 bits per heavy atom. The molecule has 2 saturated heterocycles. The summed E-state index contributed by atoms with van der Waals surface area (Å²) >= 11 is 0. The number of carbonyl (C=O) groups excluding carboxylic acids is 1. The first kappa shape index (κ1) is 22.8. The number of sulfonamides is 1. The lowest BCUT2D eigenvalue weighted by Gasteiger charge is -2.32. The highest BCUT2D eigenvalue weighted by molar-refractivity contribution is 7.89. The van der Waals surface area contributed by atoms with Crippen LogP contribution >= 0.6 is 0 Å². The van der Waals surface area contributed by atoms with Crippen LogP contribution in [0.5, 0.6) is 0 Å². The minimum Gasteiger partial charge on any atom is -0.379 e. The molecule has 32 heavy (non-hydrogen) atoms. The van der Waals surface area contributed by atoms with Gasteiger partial charge in [-0.15, -0.1) is 0 Å². The number of benzene rings is 2. The van der Waals surface area contributed by atoms with Crippen molar-refractivity contribution in [1.82, 2.24) is 9.62 Å². The molecule has 2 fully saturated rings. The van der Waals surface area contributed by atoms with Crippen LogP contribution in [0.25, 0.3) is 0 Å². The molecule has 4 rings (SSSR count). The van der Waals surface area contributed by atoms with Gasteiger partial charge in [-0.1, -0.05) is 19.1 Å². The first-order chi connectivity index (χ1) is 15.4. The molecule has 1 N–H and O–H groups in total. The third-order valence-corrected chi connectivity index (χ3v) is 8.05. The van der Waals surface area contributed by atoms with Crippen molar-refractivity contribution in [3.63, 3.8) is 0 Å². The second kappa shape index (κ2) is 10.0. The number of amides is 1. The van der Waals surface area contributed by atoms with Crippen LogP contribution in [0.15, 0.2) is 53.4 Å². The third kappa shape index (κ3) is 5.31. The first-order valence-electron chi connectivity index (χ1n) is 11.2. The van der Waals surface area contributed by atoms with Gasteiger partial charge in [0.05, 0.1) is 18.1 Å². The van der Waals surface area contributed by atoms with Crippen LogP contribution in [-0.4, -0.2) is 58.0 Å². The lowest BCUT2D eigenvalue weighted by molar-refractivity contribution is 0.0730. The molecule has 2 aromatic rings. The van der Waals surface area contributed by atoms with Gasteiger partial charge in [0.15, 0.2) is 0 Å². The molecule has 0 saturated carbocycles. The summed E-state index contributed by atoms with van der Waals surface area (Å²) in [6.45, 7) is 6.39. The minimum atomic E-state index is -3.56. The Morgan fingerprint density at radius 1 is 1.03 bits per heavy atom. The zero-order valence-corrected chi connectivity index (χ0v) is 19.3. The van der Waals surface area contributed by atoms with Gasteiger partial charge < -0.3 is 15.0 Å². The lowest BCUT2D eigenvalue weighted by atomic mass is 9.99. The number of anilines is 1. The Kier molecular flexibility index (Phi) is 7.13. The van der Waals surface area contributed by atoms with E-state index in [9.17, 15) is 13.2 Å². The number of piperidine rings is 1. The summed E-state index contributed by atoms with van der Waals surface area (Å²) < 4.78 is 32.1. The Morgan fingerprint density at radius 2 is 1.72 bits per heavy atom. The third-order valence-electron chi connectivity index (χ3n) is 6.14. The highest BCUT2D eigenvalue weighted by atomic mass is 32.2. The molecule has 172 valence electrons. The number of hydrogen-bond acceptors (Lipinski definition) is 5. The average molecular weight is 458 g/mol. The Bertz CT molecular complexity index is 1020. The fraction of sp³-hybridized carbons (Fsp3) is 0.458. The van der Waals surface area contributed by atoms with Crippen LogP contribution in [0, 0.1) is 5.92 Å². The molecule has 0 spiro atoms. The minimum absolute atomic E-state index is 0.193. The lowest BCUT2D eigenvalue weighted by Crippen LogP contribution is -2.40. The standard InChI is InChI=1S/C24H31N3O4S/c1-19-3-2-12-26(18-19)22-8-4-20(5-9-22)17-25-24(28)21-6-10-23(11-7-21)32(29,30)27-13-15-31-16-14-27/h4-11,19H,2-3,12-18H2,1H3,(H,25,28)/t19-/m1/s1. The van der Waals surface area contributed by atoms with Crippen molar-refractivity contribution in [3.8, 4) is 0 Å². The molecular weight excluding hydrogens is 426 g/mol. The second-order valence-electron chi connectivity index (χ2n) is 8.58. The monoisotopic (exact) mass is 457 g/mol. The zero-order chi connectivity index (χ0) is 22.6. The molecule has 0 aliphatic carbocycles. The van der Waals surface area contributed by atoms with Gasteiger partial charge in [-0.2, -0.15) is 4.31 Å². The fourth-order valence-corrected chi connectivity index (χ4v) is 5.66. The molecule has 2 aromatic carbocycles. The van der Waals surface area contributed by atoms with Crippen LogP contribution < -0.4 is 10.2 Å². The number of carbonyl (C=O) groups is 1. The van der Waals surface area contributed by atoms with E-state index >= 15 is 0 Å². The van der Waals surface area contributed by atoms with Crippen LogP contribution in [0.1, 0.15) is 35.7 Å². The van der Waals surface area contributed by atoms with Gasteiger partial charge in [0.25, 0.3) is 5.91 Å². The molecule has 0 radical (unpaired) electrons.